The van der Waals surface area contributed by atoms with Gasteiger partial charge in [0.2, 0.25) is 0 Å². The Morgan fingerprint density at radius 2 is 1.39 bits per heavy atom. The van der Waals surface area contributed by atoms with E-state index >= 15 is 0 Å². The molecule has 0 spiro atoms. The van der Waals surface area contributed by atoms with E-state index in [-0.39, 0.29) is 23.8 Å². The smallest absolute Gasteiger partial charge is 0.335 e. The molecule has 0 aromatic heterocycles. The van der Waals surface area contributed by atoms with Gasteiger partial charge in [-0.15, -0.1) is 0 Å². The number of hydrogen-bond acceptors (Lipinski definition) is 7. The molecule has 1 aliphatic heterocycles. The summed E-state index contributed by atoms with van der Waals surface area (Å²) in [5.41, 5.74) is 0.580. The van der Waals surface area contributed by atoms with Crippen molar-refractivity contribution >= 4 is 40.5 Å². The van der Waals surface area contributed by atoms with Gasteiger partial charge in [-0.3, -0.25) is 4.99 Å². The SMILES string of the molecule is CC(C)N=C1SCC(O)(C(c2ccc(F)cc2)c2ccc(Cl)cc2)N1C(C)C.O=C(O)C(O)C(O)C(=O)O. The van der Waals surface area contributed by atoms with E-state index in [0.29, 0.717) is 10.8 Å². The molecule has 3 rings (SSSR count). The molecule has 1 aliphatic rings. The number of aliphatic carboxylic acids is 2. The number of hydrogen-bond donors (Lipinski definition) is 5. The average Bonchev–Trinajstić information content (AvgIpc) is 3.16. The highest BCUT2D eigenvalue weighted by Gasteiger charge is 2.51. The summed E-state index contributed by atoms with van der Waals surface area (Å²) >= 11 is 7.66. The molecule has 1 saturated heterocycles. The van der Waals surface area contributed by atoms with Crippen LogP contribution in [0.4, 0.5) is 4.39 Å². The van der Waals surface area contributed by atoms with E-state index in [9.17, 15) is 19.1 Å². The van der Waals surface area contributed by atoms with E-state index in [0.717, 1.165) is 16.3 Å². The Morgan fingerprint density at radius 3 is 1.79 bits per heavy atom. The first-order chi connectivity index (χ1) is 17.7. The topological polar surface area (TPSA) is 151 Å². The number of amidine groups is 1. The Labute approximate surface area is 229 Å². The number of rotatable bonds is 8. The second-order valence-corrected chi connectivity index (χ2v) is 10.6. The predicted octanol–water partition coefficient (Wildman–Crippen LogP) is 3.40. The number of nitrogens with zero attached hydrogens (tertiary/aromatic N) is 2. The average molecular weight is 571 g/mol. The maximum atomic E-state index is 13.6. The second kappa shape index (κ2) is 13.4. The molecule has 2 aromatic rings. The summed E-state index contributed by atoms with van der Waals surface area (Å²) in [4.78, 5) is 26.3. The van der Waals surface area contributed by atoms with Crippen LogP contribution in [-0.4, -0.2) is 83.3 Å². The first kappa shape index (κ1) is 31.5. The van der Waals surface area contributed by atoms with Crippen molar-refractivity contribution in [3.63, 3.8) is 0 Å². The highest BCUT2D eigenvalue weighted by Crippen LogP contribution is 2.46. The van der Waals surface area contributed by atoms with Crippen molar-refractivity contribution in [3.05, 3.63) is 70.5 Å². The molecule has 208 valence electrons. The second-order valence-electron chi connectivity index (χ2n) is 9.24. The number of benzene rings is 2. The van der Waals surface area contributed by atoms with Gasteiger partial charge >= 0.3 is 11.9 Å². The molecule has 4 unspecified atom stereocenters. The third-order valence-corrected chi connectivity index (χ3v) is 6.98. The highest BCUT2D eigenvalue weighted by atomic mass is 35.5. The van der Waals surface area contributed by atoms with Crippen molar-refractivity contribution in [2.24, 2.45) is 4.99 Å². The van der Waals surface area contributed by atoms with Gasteiger partial charge in [0.1, 0.15) is 5.82 Å². The zero-order chi connectivity index (χ0) is 28.8. The molecule has 0 amide bonds. The lowest BCUT2D eigenvalue weighted by atomic mass is 9.82. The van der Waals surface area contributed by atoms with E-state index in [2.05, 4.69) is 13.8 Å². The lowest BCUT2D eigenvalue weighted by molar-refractivity contribution is -0.165. The first-order valence-corrected chi connectivity index (χ1v) is 13.1. The lowest BCUT2D eigenvalue weighted by Gasteiger charge is -2.43. The van der Waals surface area contributed by atoms with Gasteiger partial charge in [-0.05, 0) is 63.1 Å². The summed E-state index contributed by atoms with van der Waals surface area (Å²) in [5.74, 6) is -3.74. The Hall–Kier alpha value is -2.70. The summed E-state index contributed by atoms with van der Waals surface area (Å²) in [7, 11) is 0. The molecular formula is C26H32ClFN2O7S. The molecule has 0 aliphatic carbocycles. The summed E-state index contributed by atoms with van der Waals surface area (Å²) < 4.78 is 13.6. The molecule has 2 aromatic carbocycles. The van der Waals surface area contributed by atoms with Crippen LogP contribution in [0.1, 0.15) is 44.7 Å². The largest absolute Gasteiger partial charge is 0.479 e. The third-order valence-electron chi connectivity index (χ3n) is 5.60. The van der Waals surface area contributed by atoms with Gasteiger partial charge in [0.15, 0.2) is 23.1 Å². The van der Waals surface area contributed by atoms with E-state index < -0.39 is 29.9 Å². The van der Waals surface area contributed by atoms with E-state index in [1.807, 2.05) is 43.0 Å². The van der Waals surface area contributed by atoms with E-state index in [1.165, 1.54) is 12.1 Å². The van der Waals surface area contributed by atoms with Gasteiger partial charge < -0.3 is 30.4 Å². The van der Waals surface area contributed by atoms with Crippen LogP contribution in [0.5, 0.6) is 0 Å². The monoisotopic (exact) mass is 570 g/mol. The van der Waals surface area contributed by atoms with Crippen molar-refractivity contribution < 1.29 is 39.5 Å². The number of halogens is 2. The molecule has 1 heterocycles. The fourth-order valence-electron chi connectivity index (χ4n) is 3.99. The lowest BCUT2D eigenvalue weighted by Crippen LogP contribution is -2.55. The third kappa shape index (κ3) is 7.67. The highest BCUT2D eigenvalue weighted by molar-refractivity contribution is 8.14. The number of carboxylic acid groups (broad SMARTS) is 2. The van der Waals surface area contributed by atoms with Crippen LogP contribution in [0, 0.1) is 5.82 Å². The minimum atomic E-state index is -2.27. The van der Waals surface area contributed by atoms with E-state index in [1.54, 1.807) is 23.9 Å². The maximum Gasteiger partial charge on any atom is 0.335 e. The summed E-state index contributed by atoms with van der Waals surface area (Å²) in [6.45, 7) is 8.16. The zero-order valence-electron chi connectivity index (χ0n) is 21.3. The Morgan fingerprint density at radius 1 is 0.947 bits per heavy atom. The number of aliphatic hydroxyl groups is 3. The van der Waals surface area contributed by atoms with Crippen molar-refractivity contribution in [2.75, 3.05) is 5.75 Å². The van der Waals surface area contributed by atoms with E-state index in [4.69, 9.17) is 37.0 Å². The van der Waals surface area contributed by atoms with Crippen LogP contribution in [0.15, 0.2) is 53.5 Å². The Kier molecular flexibility index (Phi) is 11.1. The van der Waals surface area contributed by atoms with Gasteiger partial charge in [-0.2, -0.15) is 0 Å². The molecule has 9 nitrogen and oxygen atoms in total. The quantitative estimate of drug-likeness (QED) is 0.321. The molecular weight excluding hydrogens is 539 g/mol. The van der Waals surface area contributed by atoms with Gasteiger partial charge in [0.25, 0.3) is 0 Å². The molecule has 38 heavy (non-hydrogen) atoms. The van der Waals surface area contributed by atoms with Crippen molar-refractivity contribution in [1.82, 2.24) is 4.90 Å². The summed E-state index contributed by atoms with van der Waals surface area (Å²) in [5, 5.41) is 46.0. The maximum absolute atomic E-state index is 13.6. The van der Waals surface area contributed by atoms with Crippen LogP contribution in [0.2, 0.25) is 5.02 Å². The van der Waals surface area contributed by atoms with Crippen LogP contribution >= 0.6 is 23.4 Å². The van der Waals surface area contributed by atoms with Gasteiger partial charge in [-0.1, -0.05) is 47.6 Å². The predicted molar refractivity (Wildman–Crippen MR) is 144 cm³/mol. The van der Waals surface area contributed by atoms with Crippen molar-refractivity contribution in [1.29, 1.82) is 0 Å². The van der Waals surface area contributed by atoms with Crippen LogP contribution in [0.25, 0.3) is 0 Å². The fraction of sp³-hybridized carbons (Fsp3) is 0.423. The standard InChI is InChI=1S/C22H26ClFN2OS.C4H6O6/c1-14(2)25-21-26(15(3)4)22(27,13-28-21)20(16-5-9-18(23)10-6-16)17-7-11-19(24)12-8-17;5-1(3(7)8)2(6)4(9)10/h5-12,14-15,20,27H,13H2,1-4H3;1-2,5-6H,(H,7,8)(H,9,10). The van der Waals surface area contributed by atoms with Gasteiger partial charge in [-0.25, -0.2) is 14.0 Å². The van der Waals surface area contributed by atoms with Gasteiger partial charge in [0.05, 0.1) is 11.7 Å². The summed E-state index contributed by atoms with van der Waals surface area (Å²) in [6, 6.07) is 14.0. The van der Waals surface area contributed by atoms with Gasteiger partial charge in [0, 0.05) is 17.1 Å². The number of carboxylic acids is 2. The number of aliphatic imine (C=N–C) groups is 1. The Balaban J connectivity index is 0.000000432. The van der Waals surface area contributed by atoms with Crippen LogP contribution in [-0.2, 0) is 9.59 Å². The minimum Gasteiger partial charge on any atom is -0.479 e. The zero-order valence-corrected chi connectivity index (χ0v) is 22.9. The molecule has 12 heteroatoms. The normalized spacial score (nSPS) is 20.7. The minimum absolute atomic E-state index is 0.0488. The number of aliphatic hydroxyl groups excluding tert-OH is 2. The summed E-state index contributed by atoms with van der Waals surface area (Å²) in [6.07, 6.45) is -4.53. The van der Waals surface area contributed by atoms with Crippen molar-refractivity contribution in [2.45, 2.75) is 63.6 Å². The Bertz CT molecular complexity index is 1070. The molecule has 1 fully saturated rings. The van der Waals surface area contributed by atoms with Crippen LogP contribution < -0.4 is 0 Å². The molecule has 5 N–H and O–H groups in total. The molecule has 0 saturated carbocycles. The molecule has 4 atom stereocenters. The number of carbonyl (C=O) groups is 2. The fourth-order valence-corrected chi connectivity index (χ4v) is 5.56. The molecule has 0 bridgehead atoms. The van der Waals surface area contributed by atoms with Crippen LogP contribution in [0.3, 0.4) is 0 Å². The molecule has 0 radical (unpaired) electrons. The first-order valence-electron chi connectivity index (χ1n) is 11.7. The number of thioether (sulfide) groups is 1. The van der Waals surface area contributed by atoms with Crippen molar-refractivity contribution in [3.8, 4) is 0 Å².